The van der Waals surface area contributed by atoms with Crippen LogP contribution in [0.15, 0.2) is 6.20 Å². The number of nitrogens with zero attached hydrogens (tertiary/aromatic N) is 3. The van der Waals surface area contributed by atoms with E-state index in [4.69, 9.17) is 0 Å². The molecule has 66 valence electrons. The van der Waals surface area contributed by atoms with Crippen LogP contribution in [0.4, 0.5) is 0 Å². The quantitative estimate of drug-likeness (QED) is 0.672. The summed E-state index contributed by atoms with van der Waals surface area (Å²) < 4.78 is 2.05. The summed E-state index contributed by atoms with van der Waals surface area (Å²) in [5.74, 6) is 0.738. The lowest BCUT2D eigenvalue weighted by Crippen LogP contribution is -2.16. The van der Waals surface area contributed by atoms with Gasteiger partial charge in [0.1, 0.15) is 0 Å². The Kier molecular flexibility index (Phi) is 1.87. The largest absolute Gasteiger partial charge is 0.247 e. The molecule has 0 aliphatic heterocycles. The van der Waals surface area contributed by atoms with Crippen molar-refractivity contribution in [3.63, 3.8) is 0 Å². The molecular weight excluding hydrogens is 150 g/mol. The Bertz CT molecular complexity index is 260. The zero-order valence-corrected chi connectivity index (χ0v) is 7.70. The summed E-state index contributed by atoms with van der Waals surface area (Å²) in [6.45, 7) is 4.30. The molecule has 1 fully saturated rings. The highest BCUT2D eigenvalue weighted by molar-refractivity contribution is 5.07. The molecule has 0 amide bonds. The molecule has 1 heterocycles. The molecule has 0 unspecified atom stereocenters. The second-order valence-electron chi connectivity index (χ2n) is 3.83. The first-order valence-electron chi connectivity index (χ1n) is 4.69. The van der Waals surface area contributed by atoms with Crippen molar-refractivity contribution in [3.8, 4) is 0 Å². The van der Waals surface area contributed by atoms with Crippen LogP contribution in [0.25, 0.3) is 0 Å². The first-order valence-corrected chi connectivity index (χ1v) is 4.69. The van der Waals surface area contributed by atoms with Gasteiger partial charge in [-0.3, -0.25) is 0 Å². The molecule has 0 N–H and O–H groups in total. The van der Waals surface area contributed by atoms with Crippen LogP contribution in [0.5, 0.6) is 0 Å². The second-order valence-corrected chi connectivity index (χ2v) is 3.83. The molecule has 3 nitrogen and oxygen atoms in total. The molecule has 0 saturated heterocycles. The number of rotatable bonds is 2. The van der Waals surface area contributed by atoms with Gasteiger partial charge in [-0.15, -0.1) is 5.10 Å². The third-order valence-corrected chi connectivity index (χ3v) is 2.62. The van der Waals surface area contributed by atoms with Gasteiger partial charge in [-0.2, -0.15) is 0 Å². The van der Waals surface area contributed by atoms with E-state index in [-0.39, 0.29) is 0 Å². The van der Waals surface area contributed by atoms with Gasteiger partial charge in [-0.1, -0.05) is 11.6 Å². The van der Waals surface area contributed by atoms with Gasteiger partial charge in [0.05, 0.1) is 11.9 Å². The van der Waals surface area contributed by atoms with Crippen LogP contribution in [0.3, 0.4) is 0 Å². The standard InChI is InChI=1S/C9H15N3/c1-7(2)12-9(6-10-11-12)8-4-3-5-8/h6-8H,3-5H2,1-2H3. The van der Waals surface area contributed by atoms with E-state index >= 15 is 0 Å². The maximum atomic E-state index is 4.09. The third-order valence-electron chi connectivity index (χ3n) is 2.62. The zero-order valence-electron chi connectivity index (χ0n) is 7.70. The van der Waals surface area contributed by atoms with Crippen molar-refractivity contribution in [3.05, 3.63) is 11.9 Å². The van der Waals surface area contributed by atoms with Crippen LogP contribution in [-0.4, -0.2) is 15.0 Å². The van der Waals surface area contributed by atoms with Crippen LogP contribution < -0.4 is 0 Å². The minimum absolute atomic E-state index is 0.447. The lowest BCUT2D eigenvalue weighted by atomic mass is 9.83. The van der Waals surface area contributed by atoms with Crippen molar-refractivity contribution in [1.82, 2.24) is 15.0 Å². The predicted molar refractivity (Wildman–Crippen MR) is 47.0 cm³/mol. The van der Waals surface area contributed by atoms with E-state index in [2.05, 4.69) is 24.2 Å². The maximum Gasteiger partial charge on any atom is 0.0728 e. The summed E-state index contributed by atoms with van der Waals surface area (Å²) in [5.41, 5.74) is 1.33. The van der Waals surface area contributed by atoms with Gasteiger partial charge < -0.3 is 0 Å². The van der Waals surface area contributed by atoms with Crippen LogP contribution in [-0.2, 0) is 0 Å². The maximum absolute atomic E-state index is 4.09. The Morgan fingerprint density at radius 3 is 2.75 bits per heavy atom. The van der Waals surface area contributed by atoms with Crippen molar-refractivity contribution in [2.75, 3.05) is 0 Å². The summed E-state index contributed by atoms with van der Waals surface area (Å²) >= 11 is 0. The minimum atomic E-state index is 0.447. The highest BCUT2D eigenvalue weighted by atomic mass is 15.4. The molecule has 12 heavy (non-hydrogen) atoms. The third kappa shape index (κ3) is 1.13. The summed E-state index contributed by atoms with van der Waals surface area (Å²) in [7, 11) is 0. The van der Waals surface area contributed by atoms with Crippen LogP contribution in [0.1, 0.15) is 50.8 Å². The molecule has 0 spiro atoms. The minimum Gasteiger partial charge on any atom is -0.247 e. The molecule has 1 aliphatic carbocycles. The number of aromatic nitrogens is 3. The molecule has 1 aromatic rings. The molecule has 0 aromatic carbocycles. The van der Waals surface area contributed by atoms with Crippen molar-refractivity contribution in [2.24, 2.45) is 0 Å². The van der Waals surface area contributed by atoms with Gasteiger partial charge in [0.15, 0.2) is 0 Å². The van der Waals surface area contributed by atoms with Gasteiger partial charge >= 0.3 is 0 Å². The smallest absolute Gasteiger partial charge is 0.0728 e. The van der Waals surface area contributed by atoms with Gasteiger partial charge in [0.25, 0.3) is 0 Å². The van der Waals surface area contributed by atoms with Gasteiger partial charge in [0, 0.05) is 12.0 Å². The Hall–Kier alpha value is -0.860. The molecule has 0 atom stereocenters. The number of hydrogen-bond acceptors (Lipinski definition) is 2. The first kappa shape index (κ1) is 7.77. The lowest BCUT2D eigenvalue weighted by Gasteiger charge is -2.26. The first-order chi connectivity index (χ1) is 5.79. The van der Waals surface area contributed by atoms with Gasteiger partial charge in [-0.25, -0.2) is 4.68 Å². The van der Waals surface area contributed by atoms with Crippen LogP contribution >= 0.6 is 0 Å². The van der Waals surface area contributed by atoms with Crippen molar-refractivity contribution < 1.29 is 0 Å². The van der Waals surface area contributed by atoms with Crippen LogP contribution in [0, 0.1) is 0 Å². The molecule has 1 aliphatic rings. The van der Waals surface area contributed by atoms with E-state index in [1.165, 1.54) is 25.0 Å². The normalized spacial score (nSPS) is 18.2. The second kappa shape index (κ2) is 2.88. The van der Waals surface area contributed by atoms with Crippen molar-refractivity contribution in [2.45, 2.75) is 45.1 Å². The zero-order chi connectivity index (χ0) is 8.55. The predicted octanol–water partition coefficient (Wildman–Crippen LogP) is 2.13. The SMILES string of the molecule is CC(C)n1nncc1C1CCC1. The Labute approximate surface area is 72.8 Å². The van der Waals surface area contributed by atoms with Crippen molar-refractivity contribution >= 4 is 0 Å². The summed E-state index contributed by atoms with van der Waals surface area (Å²) in [4.78, 5) is 0. The fourth-order valence-electron chi connectivity index (χ4n) is 1.65. The highest BCUT2D eigenvalue weighted by Crippen LogP contribution is 2.36. The fourth-order valence-corrected chi connectivity index (χ4v) is 1.65. The molecule has 0 radical (unpaired) electrons. The Balaban J connectivity index is 2.23. The van der Waals surface area contributed by atoms with E-state index in [1.54, 1.807) is 0 Å². The van der Waals surface area contributed by atoms with E-state index in [0.717, 1.165) is 5.92 Å². The Morgan fingerprint density at radius 1 is 1.50 bits per heavy atom. The Morgan fingerprint density at radius 2 is 2.25 bits per heavy atom. The van der Waals surface area contributed by atoms with E-state index < -0.39 is 0 Å². The number of hydrogen-bond donors (Lipinski definition) is 0. The molecule has 3 heteroatoms. The molecule has 0 bridgehead atoms. The summed E-state index contributed by atoms with van der Waals surface area (Å²) in [5, 5.41) is 8.04. The monoisotopic (exact) mass is 165 g/mol. The topological polar surface area (TPSA) is 30.7 Å². The average molecular weight is 165 g/mol. The van der Waals surface area contributed by atoms with E-state index in [9.17, 15) is 0 Å². The van der Waals surface area contributed by atoms with E-state index in [1.807, 2.05) is 10.9 Å². The fraction of sp³-hybridized carbons (Fsp3) is 0.778. The van der Waals surface area contributed by atoms with E-state index in [0.29, 0.717) is 6.04 Å². The summed E-state index contributed by atoms with van der Waals surface area (Å²) in [6, 6.07) is 0.447. The molecule has 1 aromatic heterocycles. The molecular formula is C9H15N3. The van der Waals surface area contributed by atoms with Crippen LogP contribution in [0.2, 0.25) is 0 Å². The van der Waals surface area contributed by atoms with Gasteiger partial charge in [-0.05, 0) is 26.7 Å². The average Bonchev–Trinajstić information content (AvgIpc) is 2.31. The lowest BCUT2D eigenvalue weighted by molar-refractivity contribution is 0.374. The summed E-state index contributed by atoms with van der Waals surface area (Å²) in [6.07, 6.45) is 5.93. The molecule has 2 rings (SSSR count). The van der Waals surface area contributed by atoms with Crippen molar-refractivity contribution in [1.29, 1.82) is 0 Å². The van der Waals surface area contributed by atoms with Gasteiger partial charge in [0.2, 0.25) is 0 Å². The molecule has 1 saturated carbocycles. The highest BCUT2D eigenvalue weighted by Gasteiger charge is 2.24.